The van der Waals surface area contributed by atoms with Crippen LogP contribution < -0.4 is 24.3 Å². The minimum absolute atomic E-state index is 0.00742. The lowest BCUT2D eigenvalue weighted by molar-refractivity contribution is 0.0829. The van der Waals surface area contributed by atoms with Crippen LogP contribution in [0.5, 0.6) is 23.0 Å². The first-order valence-corrected chi connectivity index (χ1v) is 9.91. The van der Waals surface area contributed by atoms with E-state index in [-0.39, 0.29) is 25.2 Å². The molecule has 0 radical (unpaired) electrons. The smallest absolute Gasteiger partial charge is 0.255 e. The van der Waals surface area contributed by atoms with Crippen LogP contribution in [0.15, 0.2) is 40.9 Å². The zero-order chi connectivity index (χ0) is 21.4. The van der Waals surface area contributed by atoms with Crippen LogP contribution in [0.4, 0.5) is 0 Å². The van der Waals surface area contributed by atoms with Gasteiger partial charge >= 0.3 is 0 Å². The second-order valence-corrected chi connectivity index (χ2v) is 7.39. The Morgan fingerprint density at radius 1 is 1.10 bits per heavy atom. The number of ether oxygens (including phenoxy) is 4. The highest BCUT2D eigenvalue weighted by molar-refractivity contribution is 9.10. The lowest BCUT2D eigenvalue weighted by Gasteiger charge is -2.18. The Balaban J connectivity index is 1.97. The lowest BCUT2D eigenvalue weighted by atomic mass is 10.2. The summed E-state index contributed by atoms with van der Waals surface area (Å²) in [5.41, 5.74) is 0.390. The molecule has 8 heteroatoms. The van der Waals surface area contributed by atoms with Gasteiger partial charge in [-0.25, -0.2) is 0 Å². The number of hydrogen-bond donors (Lipinski definition) is 2. The molecule has 0 saturated heterocycles. The second kappa shape index (κ2) is 10.9. The number of benzene rings is 2. The van der Waals surface area contributed by atoms with Crippen LogP contribution in [-0.2, 0) is 0 Å². The van der Waals surface area contributed by atoms with Crippen molar-refractivity contribution < 1.29 is 28.8 Å². The van der Waals surface area contributed by atoms with Crippen molar-refractivity contribution >= 4 is 21.8 Å². The van der Waals surface area contributed by atoms with Crippen molar-refractivity contribution in [2.45, 2.75) is 26.1 Å². The number of aliphatic hydroxyl groups excluding tert-OH is 1. The van der Waals surface area contributed by atoms with E-state index in [1.165, 1.54) is 14.2 Å². The van der Waals surface area contributed by atoms with E-state index in [1.807, 2.05) is 13.8 Å². The van der Waals surface area contributed by atoms with Gasteiger partial charge in [-0.3, -0.25) is 4.79 Å². The predicted octanol–water partition coefficient (Wildman–Crippen LogP) is 3.42. The van der Waals surface area contributed by atoms with Gasteiger partial charge in [0.2, 0.25) is 5.75 Å². The minimum Gasteiger partial charge on any atom is -0.493 e. The van der Waals surface area contributed by atoms with Gasteiger partial charge in [0.1, 0.15) is 18.5 Å². The molecule has 2 N–H and O–H groups in total. The van der Waals surface area contributed by atoms with E-state index in [4.69, 9.17) is 18.9 Å². The molecule has 0 fully saturated rings. The fourth-order valence-corrected chi connectivity index (χ4v) is 2.88. The van der Waals surface area contributed by atoms with Crippen molar-refractivity contribution in [3.63, 3.8) is 0 Å². The summed E-state index contributed by atoms with van der Waals surface area (Å²) in [6.07, 6.45) is -1.01. The lowest BCUT2D eigenvalue weighted by Crippen LogP contribution is -2.35. The van der Waals surface area contributed by atoms with Crippen LogP contribution in [0.25, 0.3) is 0 Å². The Labute approximate surface area is 179 Å². The van der Waals surface area contributed by atoms with Gasteiger partial charge in [-0.05, 0) is 44.2 Å². The third-order valence-electron chi connectivity index (χ3n) is 3.85. The Morgan fingerprint density at radius 3 is 2.34 bits per heavy atom. The second-order valence-electron chi connectivity index (χ2n) is 6.47. The van der Waals surface area contributed by atoms with Crippen molar-refractivity contribution in [3.8, 4) is 23.0 Å². The average molecular weight is 468 g/mol. The number of carbonyl (C=O) groups excluding carboxylic acids is 1. The van der Waals surface area contributed by atoms with Crippen molar-refractivity contribution in [1.82, 2.24) is 5.32 Å². The van der Waals surface area contributed by atoms with E-state index in [1.54, 1.807) is 36.4 Å². The molecule has 1 unspecified atom stereocenters. The minimum atomic E-state index is -0.932. The molecule has 2 aromatic rings. The first kappa shape index (κ1) is 22.8. The molecule has 0 aliphatic heterocycles. The molecule has 29 heavy (non-hydrogen) atoms. The van der Waals surface area contributed by atoms with Crippen LogP contribution in [-0.4, -0.2) is 50.6 Å². The molecular weight excluding hydrogens is 442 g/mol. The van der Waals surface area contributed by atoms with Crippen molar-refractivity contribution in [2.24, 2.45) is 0 Å². The third kappa shape index (κ3) is 6.54. The Kier molecular flexibility index (Phi) is 8.60. The first-order chi connectivity index (χ1) is 13.8. The highest BCUT2D eigenvalue weighted by Gasteiger charge is 2.17. The highest BCUT2D eigenvalue weighted by Crippen LogP contribution is 2.36. The van der Waals surface area contributed by atoms with E-state index >= 15 is 0 Å². The van der Waals surface area contributed by atoms with Gasteiger partial charge < -0.3 is 29.4 Å². The molecule has 0 bridgehead atoms. The van der Waals surface area contributed by atoms with Crippen molar-refractivity contribution in [1.29, 1.82) is 0 Å². The normalized spacial score (nSPS) is 11.7. The molecule has 0 aromatic heterocycles. The molecular formula is C21H26BrNO6. The topological polar surface area (TPSA) is 86.3 Å². The van der Waals surface area contributed by atoms with Crippen LogP contribution >= 0.6 is 15.9 Å². The van der Waals surface area contributed by atoms with Crippen LogP contribution in [0.2, 0.25) is 0 Å². The maximum Gasteiger partial charge on any atom is 0.255 e. The molecule has 0 aliphatic rings. The van der Waals surface area contributed by atoms with Gasteiger partial charge in [-0.15, -0.1) is 0 Å². The largest absolute Gasteiger partial charge is 0.493 e. The molecule has 1 amide bonds. The Hall–Kier alpha value is -2.45. The number of rotatable bonds is 10. The molecule has 0 heterocycles. The number of aliphatic hydroxyl groups is 1. The molecule has 0 saturated carbocycles. The third-order valence-corrected chi connectivity index (χ3v) is 4.35. The summed E-state index contributed by atoms with van der Waals surface area (Å²) in [7, 11) is 3.04. The van der Waals surface area contributed by atoms with Crippen LogP contribution in [0.3, 0.4) is 0 Å². The number of hydrogen-bond acceptors (Lipinski definition) is 6. The average Bonchev–Trinajstić information content (AvgIpc) is 2.69. The van der Waals surface area contributed by atoms with Gasteiger partial charge in [-0.2, -0.15) is 0 Å². The molecule has 0 spiro atoms. The van der Waals surface area contributed by atoms with E-state index in [0.29, 0.717) is 28.6 Å². The Morgan fingerprint density at radius 2 is 1.76 bits per heavy atom. The fraction of sp³-hybridized carbons (Fsp3) is 0.381. The van der Waals surface area contributed by atoms with Gasteiger partial charge in [0.25, 0.3) is 5.91 Å². The van der Waals surface area contributed by atoms with E-state index in [9.17, 15) is 9.90 Å². The summed E-state index contributed by atoms with van der Waals surface area (Å²) in [5, 5.41) is 12.9. The molecule has 0 aliphatic carbocycles. The summed E-state index contributed by atoms with van der Waals surface area (Å²) in [5.74, 6) is 1.50. The maximum absolute atomic E-state index is 12.5. The fourth-order valence-electron chi connectivity index (χ4n) is 2.54. The van der Waals surface area contributed by atoms with Crippen molar-refractivity contribution in [2.75, 3.05) is 27.4 Å². The van der Waals surface area contributed by atoms with E-state index in [2.05, 4.69) is 21.2 Å². The number of nitrogens with one attached hydrogen (secondary N) is 1. The van der Waals surface area contributed by atoms with Gasteiger partial charge in [0.15, 0.2) is 11.5 Å². The summed E-state index contributed by atoms with van der Waals surface area (Å²) < 4.78 is 22.7. The Bertz CT molecular complexity index is 805. The molecule has 2 aromatic carbocycles. The quantitative estimate of drug-likeness (QED) is 0.556. The molecule has 158 valence electrons. The highest BCUT2D eigenvalue weighted by atomic mass is 79.9. The number of halogens is 1. The van der Waals surface area contributed by atoms with E-state index < -0.39 is 6.10 Å². The monoisotopic (exact) mass is 467 g/mol. The van der Waals surface area contributed by atoms with E-state index in [0.717, 1.165) is 4.47 Å². The summed E-state index contributed by atoms with van der Waals surface area (Å²) in [6, 6.07) is 10.4. The van der Waals surface area contributed by atoms with Gasteiger partial charge in [0.05, 0.1) is 25.9 Å². The predicted molar refractivity (Wildman–Crippen MR) is 113 cm³/mol. The number of carbonyl (C=O) groups is 1. The number of methoxy groups -OCH3 is 2. The summed E-state index contributed by atoms with van der Waals surface area (Å²) >= 11 is 3.38. The van der Waals surface area contributed by atoms with Crippen molar-refractivity contribution in [3.05, 3.63) is 46.4 Å². The summed E-state index contributed by atoms with van der Waals surface area (Å²) in [6.45, 7) is 3.73. The zero-order valence-corrected chi connectivity index (χ0v) is 18.5. The molecule has 1 atom stereocenters. The van der Waals surface area contributed by atoms with Gasteiger partial charge in [0, 0.05) is 11.0 Å². The maximum atomic E-state index is 12.5. The number of para-hydroxylation sites is 1. The molecule has 2 rings (SSSR count). The standard InChI is InChI=1S/C21H26BrNO6/c1-13(2)29-19-10-14(22)8-9-16(19)21(25)23-11-15(24)12-28-20-17(26-3)6-5-7-18(20)27-4/h5-10,13,15,24H,11-12H2,1-4H3,(H,23,25). The zero-order valence-electron chi connectivity index (χ0n) is 16.9. The van der Waals surface area contributed by atoms with Gasteiger partial charge in [-0.1, -0.05) is 22.0 Å². The first-order valence-electron chi connectivity index (χ1n) is 9.12. The molecule has 7 nitrogen and oxygen atoms in total. The number of amides is 1. The van der Waals surface area contributed by atoms with Crippen LogP contribution in [0.1, 0.15) is 24.2 Å². The van der Waals surface area contributed by atoms with Crippen LogP contribution in [0, 0.1) is 0 Å². The SMILES string of the molecule is COc1cccc(OC)c1OCC(O)CNC(=O)c1ccc(Br)cc1OC(C)C. The summed E-state index contributed by atoms with van der Waals surface area (Å²) in [4.78, 5) is 12.5.